The Hall–Kier alpha value is -2.69. The van der Waals surface area contributed by atoms with Gasteiger partial charge in [0.2, 0.25) is 5.91 Å². The van der Waals surface area contributed by atoms with Crippen LogP contribution in [-0.4, -0.2) is 25.7 Å². The number of hydrogen-bond donors (Lipinski definition) is 1. The summed E-state index contributed by atoms with van der Waals surface area (Å²) in [6.07, 6.45) is 0. The number of amides is 1. The van der Waals surface area contributed by atoms with E-state index >= 15 is 0 Å². The molecule has 3 aliphatic rings. The van der Waals surface area contributed by atoms with Gasteiger partial charge < -0.3 is 19.5 Å². The van der Waals surface area contributed by atoms with Crippen molar-refractivity contribution in [2.75, 3.05) is 25.1 Å². The van der Waals surface area contributed by atoms with Gasteiger partial charge in [0.15, 0.2) is 11.5 Å². The van der Waals surface area contributed by atoms with Crippen LogP contribution in [0.3, 0.4) is 0 Å². The van der Waals surface area contributed by atoms with Crippen molar-refractivity contribution in [3.05, 3.63) is 47.5 Å². The molecule has 1 amide bonds. The molecule has 5 nitrogen and oxygen atoms in total. The van der Waals surface area contributed by atoms with Crippen molar-refractivity contribution in [1.82, 2.24) is 0 Å². The predicted molar refractivity (Wildman–Crippen MR) is 78.8 cm³/mol. The van der Waals surface area contributed by atoms with E-state index in [2.05, 4.69) is 5.32 Å². The molecule has 5 heteroatoms. The van der Waals surface area contributed by atoms with E-state index < -0.39 is 5.41 Å². The number of para-hydroxylation sites is 1. The molecule has 0 aromatic heterocycles. The quantitative estimate of drug-likeness (QED) is 0.808. The van der Waals surface area contributed by atoms with Crippen LogP contribution in [0.1, 0.15) is 11.1 Å². The van der Waals surface area contributed by atoms with Crippen LogP contribution in [0.15, 0.2) is 36.4 Å². The van der Waals surface area contributed by atoms with Gasteiger partial charge in [0, 0.05) is 17.3 Å². The standard InChI is InChI=1S/C17H13NO4/c19-16-17(10-3-1-2-4-12(10)18-16)9-22-13-8-15-14(7-11(13)17)20-5-6-21-15/h1-4,7-8H,5-6,9H2,(H,18,19)/t17-/m1/s1. The fourth-order valence-corrected chi connectivity index (χ4v) is 3.51. The van der Waals surface area contributed by atoms with Crippen molar-refractivity contribution in [2.45, 2.75) is 5.41 Å². The lowest BCUT2D eigenvalue weighted by molar-refractivity contribution is -0.119. The number of carbonyl (C=O) groups is 1. The van der Waals surface area contributed by atoms with Crippen molar-refractivity contribution >= 4 is 11.6 Å². The number of carbonyl (C=O) groups excluding carboxylic acids is 1. The monoisotopic (exact) mass is 295 g/mol. The molecule has 0 bridgehead atoms. The number of anilines is 1. The molecule has 3 aliphatic heterocycles. The molecule has 0 unspecified atom stereocenters. The maximum absolute atomic E-state index is 12.7. The van der Waals surface area contributed by atoms with Crippen molar-refractivity contribution in [2.24, 2.45) is 0 Å². The molecule has 5 rings (SSSR count). The Kier molecular flexibility index (Phi) is 2.13. The summed E-state index contributed by atoms with van der Waals surface area (Å²) in [5, 5.41) is 2.96. The number of nitrogens with one attached hydrogen (secondary N) is 1. The zero-order valence-corrected chi connectivity index (χ0v) is 11.7. The summed E-state index contributed by atoms with van der Waals surface area (Å²) < 4.78 is 17.1. The van der Waals surface area contributed by atoms with E-state index in [4.69, 9.17) is 14.2 Å². The average Bonchev–Trinajstić information content (AvgIpc) is 3.06. The lowest BCUT2D eigenvalue weighted by atomic mass is 9.77. The molecule has 1 N–H and O–H groups in total. The third-order valence-corrected chi connectivity index (χ3v) is 4.57. The largest absolute Gasteiger partial charge is 0.491 e. The second-order valence-corrected chi connectivity index (χ2v) is 5.69. The first kappa shape index (κ1) is 11.9. The molecular weight excluding hydrogens is 282 g/mol. The molecule has 2 aromatic rings. The molecule has 0 saturated carbocycles. The van der Waals surface area contributed by atoms with Gasteiger partial charge in [-0.3, -0.25) is 4.79 Å². The summed E-state index contributed by atoms with van der Waals surface area (Å²) in [6.45, 7) is 1.34. The number of rotatable bonds is 0. The SMILES string of the molecule is O=C1Nc2ccccc2[C@@]12COc1cc3c(cc12)OCCO3. The molecule has 1 spiro atoms. The highest BCUT2D eigenvalue weighted by Crippen LogP contribution is 2.52. The average molecular weight is 295 g/mol. The van der Waals surface area contributed by atoms with Crippen LogP contribution in [0.4, 0.5) is 5.69 Å². The first-order valence-corrected chi connectivity index (χ1v) is 7.27. The van der Waals surface area contributed by atoms with Gasteiger partial charge in [-0.2, -0.15) is 0 Å². The second-order valence-electron chi connectivity index (χ2n) is 5.69. The lowest BCUT2D eigenvalue weighted by Gasteiger charge is -2.23. The Morgan fingerprint density at radius 2 is 1.68 bits per heavy atom. The van der Waals surface area contributed by atoms with Gasteiger partial charge in [-0.15, -0.1) is 0 Å². The van der Waals surface area contributed by atoms with E-state index in [9.17, 15) is 4.79 Å². The minimum atomic E-state index is -0.790. The van der Waals surface area contributed by atoms with Gasteiger partial charge in [0.25, 0.3) is 0 Å². The topological polar surface area (TPSA) is 56.8 Å². The van der Waals surface area contributed by atoms with E-state index in [-0.39, 0.29) is 5.91 Å². The van der Waals surface area contributed by atoms with Crippen LogP contribution in [-0.2, 0) is 10.2 Å². The number of benzene rings is 2. The van der Waals surface area contributed by atoms with Crippen LogP contribution < -0.4 is 19.5 Å². The highest BCUT2D eigenvalue weighted by Gasteiger charge is 2.54. The molecule has 2 aromatic carbocycles. The molecule has 0 fully saturated rings. The summed E-state index contributed by atoms with van der Waals surface area (Å²) in [6, 6.07) is 11.5. The fraction of sp³-hybridized carbons (Fsp3) is 0.235. The van der Waals surface area contributed by atoms with E-state index in [1.165, 1.54) is 0 Å². The molecular formula is C17H13NO4. The number of ether oxygens (including phenoxy) is 3. The normalized spacial score (nSPS) is 23.7. The third-order valence-electron chi connectivity index (χ3n) is 4.57. The van der Waals surface area contributed by atoms with E-state index in [0.29, 0.717) is 37.1 Å². The van der Waals surface area contributed by atoms with Crippen LogP contribution in [0.25, 0.3) is 0 Å². The van der Waals surface area contributed by atoms with Crippen molar-refractivity contribution < 1.29 is 19.0 Å². The third kappa shape index (κ3) is 1.31. The van der Waals surface area contributed by atoms with Gasteiger partial charge in [-0.1, -0.05) is 18.2 Å². The molecule has 1 atom stereocenters. The Morgan fingerprint density at radius 1 is 0.909 bits per heavy atom. The van der Waals surface area contributed by atoms with Crippen molar-refractivity contribution in [1.29, 1.82) is 0 Å². The molecule has 0 radical (unpaired) electrons. The van der Waals surface area contributed by atoms with Crippen LogP contribution >= 0.6 is 0 Å². The molecule has 0 saturated heterocycles. The number of fused-ring (bicyclic) bond motifs is 5. The highest BCUT2D eigenvalue weighted by atomic mass is 16.6. The molecule has 0 aliphatic carbocycles. The smallest absolute Gasteiger partial charge is 0.243 e. The van der Waals surface area contributed by atoms with Gasteiger partial charge in [0.05, 0.1) is 0 Å². The maximum atomic E-state index is 12.7. The Labute approximate surface area is 126 Å². The van der Waals surface area contributed by atoms with Crippen molar-refractivity contribution in [3.8, 4) is 17.2 Å². The summed E-state index contributed by atoms with van der Waals surface area (Å²) in [4.78, 5) is 12.7. The Balaban J connectivity index is 1.76. The first-order valence-electron chi connectivity index (χ1n) is 7.27. The highest BCUT2D eigenvalue weighted by molar-refractivity contribution is 6.09. The second kappa shape index (κ2) is 3.94. The van der Waals surface area contributed by atoms with E-state index in [1.807, 2.05) is 36.4 Å². The Bertz CT molecular complexity index is 816. The maximum Gasteiger partial charge on any atom is 0.243 e. The lowest BCUT2D eigenvalue weighted by Crippen LogP contribution is -2.37. The van der Waals surface area contributed by atoms with Crippen LogP contribution in [0.2, 0.25) is 0 Å². The van der Waals surface area contributed by atoms with Crippen LogP contribution in [0, 0.1) is 0 Å². The van der Waals surface area contributed by atoms with Gasteiger partial charge >= 0.3 is 0 Å². The van der Waals surface area contributed by atoms with Gasteiger partial charge in [-0.25, -0.2) is 0 Å². The molecule has 110 valence electrons. The first-order chi connectivity index (χ1) is 10.8. The van der Waals surface area contributed by atoms with Crippen molar-refractivity contribution in [3.63, 3.8) is 0 Å². The summed E-state index contributed by atoms with van der Waals surface area (Å²) in [5.41, 5.74) is 1.86. The minimum Gasteiger partial charge on any atom is -0.491 e. The fourth-order valence-electron chi connectivity index (χ4n) is 3.51. The number of hydrogen-bond acceptors (Lipinski definition) is 4. The van der Waals surface area contributed by atoms with Gasteiger partial charge in [0.1, 0.15) is 31.0 Å². The Morgan fingerprint density at radius 3 is 2.55 bits per heavy atom. The summed E-state index contributed by atoms with van der Waals surface area (Å²) >= 11 is 0. The van der Waals surface area contributed by atoms with Gasteiger partial charge in [-0.05, 0) is 17.7 Å². The molecule has 22 heavy (non-hydrogen) atoms. The molecule has 3 heterocycles. The van der Waals surface area contributed by atoms with Crippen LogP contribution in [0.5, 0.6) is 17.2 Å². The minimum absolute atomic E-state index is 0.0517. The summed E-state index contributed by atoms with van der Waals surface area (Å²) in [5.74, 6) is 1.99. The van der Waals surface area contributed by atoms with E-state index in [1.54, 1.807) is 0 Å². The predicted octanol–water partition coefficient (Wildman–Crippen LogP) is 2.09. The summed E-state index contributed by atoms with van der Waals surface area (Å²) in [7, 11) is 0. The zero-order valence-electron chi connectivity index (χ0n) is 11.7. The van der Waals surface area contributed by atoms with E-state index in [0.717, 1.165) is 16.8 Å². The zero-order chi connectivity index (χ0) is 14.7.